The highest BCUT2D eigenvalue weighted by Gasteiger charge is 2.40. The molecule has 0 saturated carbocycles. The van der Waals surface area contributed by atoms with Gasteiger partial charge in [-0.3, -0.25) is 4.31 Å². The van der Waals surface area contributed by atoms with Crippen LogP contribution in [0.15, 0.2) is 18.2 Å². The fourth-order valence-corrected chi connectivity index (χ4v) is 3.75. The number of para-hydroxylation sites is 1. The Labute approximate surface area is 110 Å². The second-order valence-corrected chi connectivity index (χ2v) is 7.96. The van der Waals surface area contributed by atoms with Crippen LogP contribution in [0.3, 0.4) is 0 Å². The van der Waals surface area contributed by atoms with Gasteiger partial charge in [-0.05, 0) is 17.0 Å². The van der Waals surface area contributed by atoms with Gasteiger partial charge in [-0.25, -0.2) is 8.42 Å². The SMILES string of the molecule is CC(C)c1cccc2c1N(S(C)(=O)=O)CC2(C)C. The molecular formula is C14H21NO2S. The molecule has 2 rings (SSSR count). The quantitative estimate of drug-likeness (QED) is 0.826. The Kier molecular flexibility index (Phi) is 2.97. The number of nitrogens with zero attached hydrogens (tertiary/aromatic N) is 1. The minimum Gasteiger partial charge on any atom is -0.269 e. The van der Waals surface area contributed by atoms with E-state index in [0.29, 0.717) is 12.5 Å². The van der Waals surface area contributed by atoms with E-state index in [-0.39, 0.29) is 5.41 Å². The number of rotatable bonds is 2. The van der Waals surface area contributed by atoms with Crippen molar-refractivity contribution in [3.05, 3.63) is 29.3 Å². The predicted molar refractivity (Wildman–Crippen MR) is 75.7 cm³/mol. The molecule has 0 spiro atoms. The highest BCUT2D eigenvalue weighted by atomic mass is 32.2. The summed E-state index contributed by atoms with van der Waals surface area (Å²) >= 11 is 0. The topological polar surface area (TPSA) is 37.4 Å². The van der Waals surface area contributed by atoms with Gasteiger partial charge in [0.25, 0.3) is 0 Å². The molecule has 1 aromatic carbocycles. The Bertz CT molecular complexity index is 573. The zero-order valence-corrected chi connectivity index (χ0v) is 12.5. The van der Waals surface area contributed by atoms with Gasteiger partial charge in [0.2, 0.25) is 10.0 Å². The van der Waals surface area contributed by atoms with Crippen molar-refractivity contribution in [1.29, 1.82) is 0 Å². The molecule has 1 aliphatic heterocycles. The molecule has 18 heavy (non-hydrogen) atoms. The standard InChI is InChI=1S/C14H21NO2S/c1-10(2)11-7-6-8-12-13(11)15(18(5,16)17)9-14(12,3)4/h6-8,10H,9H2,1-5H3. The lowest BCUT2D eigenvalue weighted by atomic mass is 9.85. The van der Waals surface area contributed by atoms with Crippen LogP contribution in [-0.4, -0.2) is 21.2 Å². The first-order valence-electron chi connectivity index (χ1n) is 6.25. The van der Waals surface area contributed by atoms with Crippen LogP contribution in [0, 0.1) is 0 Å². The van der Waals surface area contributed by atoms with Crippen molar-refractivity contribution < 1.29 is 8.42 Å². The maximum absolute atomic E-state index is 12.0. The van der Waals surface area contributed by atoms with E-state index in [0.717, 1.165) is 16.8 Å². The summed E-state index contributed by atoms with van der Waals surface area (Å²) in [6.45, 7) is 8.93. The van der Waals surface area contributed by atoms with Gasteiger partial charge in [0.05, 0.1) is 11.9 Å². The van der Waals surface area contributed by atoms with Crippen LogP contribution in [0.5, 0.6) is 0 Å². The summed E-state index contributed by atoms with van der Waals surface area (Å²) in [6.07, 6.45) is 1.29. The lowest BCUT2D eigenvalue weighted by Gasteiger charge is -2.21. The summed E-state index contributed by atoms with van der Waals surface area (Å²) in [4.78, 5) is 0. The maximum atomic E-state index is 12.0. The van der Waals surface area contributed by atoms with Crippen molar-refractivity contribution in [1.82, 2.24) is 0 Å². The van der Waals surface area contributed by atoms with Crippen molar-refractivity contribution >= 4 is 15.7 Å². The van der Waals surface area contributed by atoms with Crippen molar-refractivity contribution in [2.24, 2.45) is 0 Å². The van der Waals surface area contributed by atoms with E-state index in [1.165, 1.54) is 6.26 Å². The average Bonchev–Trinajstić information content (AvgIpc) is 2.50. The van der Waals surface area contributed by atoms with Crippen LogP contribution in [0.1, 0.15) is 44.7 Å². The second kappa shape index (κ2) is 3.98. The number of hydrogen-bond donors (Lipinski definition) is 0. The van der Waals surface area contributed by atoms with Crippen LogP contribution >= 0.6 is 0 Å². The van der Waals surface area contributed by atoms with E-state index in [1.807, 2.05) is 18.2 Å². The van der Waals surface area contributed by atoms with Gasteiger partial charge in [-0.15, -0.1) is 0 Å². The van der Waals surface area contributed by atoms with Gasteiger partial charge in [0.15, 0.2) is 0 Å². The monoisotopic (exact) mass is 267 g/mol. The Balaban J connectivity index is 2.73. The minimum absolute atomic E-state index is 0.122. The van der Waals surface area contributed by atoms with Gasteiger partial charge in [0, 0.05) is 12.0 Å². The molecule has 0 N–H and O–H groups in total. The summed E-state index contributed by atoms with van der Waals surface area (Å²) in [5.74, 6) is 0.318. The Morgan fingerprint density at radius 3 is 2.39 bits per heavy atom. The van der Waals surface area contributed by atoms with E-state index < -0.39 is 10.0 Å². The van der Waals surface area contributed by atoms with Gasteiger partial charge in [-0.2, -0.15) is 0 Å². The predicted octanol–water partition coefficient (Wildman–Crippen LogP) is 2.87. The van der Waals surface area contributed by atoms with Gasteiger partial charge >= 0.3 is 0 Å². The Morgan fingerprint density at radius 1 is 1.28 bits per heavy atom. The molecule has 1 heterocycles. The number of hydrogen-bond acceptors (Lipinski definition) is 2. The highest BCUT2D eigenvalue weighted by Crippen LogP contribution is 2.45. The van der Waals surface area contributed by atoms with E-state index >= 15 is 0 Å². The lowest BCUT2D eigenvalue weighted by molar-refractivity contribution is 0.557. The molecule has 0 radical (unpaired) electrons. The van der Waals surface area contributed by atoms with Crippen LogP contribution < -0.4 is 4.31 Å². The maximum Gasteiger partial charge on any atom is 0.232 e. The number of anilines is 1. The zero-order valence-electron chi connectivity index (χ0n) is 11.7. The van der Waals surface area contributed by atoms with E-state index in [1.54, 1.807) is 4.31 Å². The average molecular weight is 267 g/mol. The molecular weight excluding hydrogens is 246 g/mol. The molecule has 0 saturated heterocycles. The van der Waals surface area contributed by atoms with Gasteiger partial charge in [0.1, 0.15) is 0 Å². The zero-order chi connectivity index (χ0) is 13.7. The van der Waals surface area contributed by atoms with Gasteiger partial charge < -0.3 is 0 Å². The van der Waals surface area contributed by atoms with E-state index in [2.05, 4.69) is 27.7 Å². The molecule has 1 aliphatic rings. The lowest BCUT2D eigenvalue weighted by Crippen LogP contribution is -2.33. The number of fused-ring (bicyclic) bond motifs is 1. The largest absolute Gasteiger partial charge is 0.269 e. The minimum atomic E-state index is -3.21. The molecule has 100 valence electrons. The summed E-state index contributed by atoms with van der Waals surface area (Å²) in [6, 6.07) is 6.11. The summed E-state index contributed by atoms with van der Waals surface area (Å²) in [7, 11) is -3.21. The third kappa shape index (κ3) is 2.03. The van der Waals surface area contributed by atoms with Crippen molar-refractivity contribution in [2.75, 3.05) is 17.1 Å². The van der Waals surface area contributed by atoms with Gasteiger partial charge in [-0.1, -0.05) is 45.9 Å². The van der Waals surface area contributed by atoms with E-state index in [9.17, 15) is 8.42 Å². The van der Waals surface area contributed by atoms with Crippen molar-refractivity contribution in [3.63, 3.8) is 0 Å². The summed E-state index contributed by atoms with van der Waals surface area (Å²) in [5.41, 5.74) is 3.03. The van der Waals surface area contributed by atoms with Crippen molar-refractivity contribution in [3.8, 4) is 0 Å². The second-order valence-electron chi connectivity index (χ2n) is 6.05. The molecule has 0 aromatic heterocycles. The summed E-state index contributed by atoms with van der Waals surface area (Å²) in [5, 5.41) is 0. The van der Waals surface area contributed by atoms with Crippen LogP contribution in [0.4, 0.5) is 5.69 Å². The molecule has 3 nitrogen and oxygen atoms in total. The van der Waals surface area contributed by atoms with Crippen LogP contribution in [0.25, 0.3) is 0 Å². The fraction of sp³-hybridized carbons (Fsp3) is 0.571. The molecule has 0 fully saturated rings. The molecule has 1 aromatic rings. The Hall–Kier alpha value is -1.03. The Morgan fingerprint density at radius 2 is 1.89 bits per heavy atom. The molecule has 0 unspecified atom stereocenters. The molecule has 0 bridgehead atoms. The molecule has 4 heteroatoms. The summed E-state index contributed by atoms with van der Waals surface area (Å²) < 4.78 is 25.5. The fourth-order valence-electron chi connectivity index (χ4n) is 2.66. The first-order valence-corrected chi connectivity index (χ1v) is 8.10. The van der Waals surface area contributed by atoms with Crippen LogP contribution in [0.2, 0.25) is 0 Å². The number of sulfonamides is 1. The normalized spacial score (nSPS) is 18.2. The van der Waals surface area contributed by atoms with Crippen molar-refractivity contribution in [2.45, 2.75) is 39.0 Å². The first-order chi connectivity index (χ1) is 8.14. The smallest absolute Gasteiger partial charge is 0.232 e. The highest BCUT2D eigenvalue weighted by molar-refractivity contribution is 7.92. The van der Waals surface area contributed by atoms with Crippen LogP contribution in [-0.2, 0) is 15.4 Å². The number of benzene rings is 1. The molecule has 0 amide bonds. The van der Waals surface area contributed by atoms with E-state index in [4.69, 9.17) is 0 Å². The first kappa shape index (κ1) is 13.4. The molecule has 0 aliphatic carbocycles. The third-order valence-corrected chi connectivity index (χ3v) is 4.72. The molecule has 0 atom stereocenters. The third-order valence-electron chi connectivity index (χ3n) is 3.61.